The van der Waals surface area contributed by atoms with Crippen LogP contribution in [0.3, 0.4) is 0 Å². The van der Waals surface area contributed by atoms with E-state index in [9.17, 15) is 0 Å². The summed E-state index contributed by atoms with van der Waals surface area (Å²) in [6, 6.07) is 2.33. The smallest absolute Gasteiger partial charge is 0.185 e. The highest BCUT2D eigenvalue weighted by atomic mass is 28.4. The minimum Gasteiger partial charge on any atom is -0.402 e. The molecule has 84 valence electrons. The monoisotopic (exact) mass is 223 g/mol. The molecule has 1 aliphatic carbocycles. The lowest BCUT2D eigenvalue weighted by atomic mass is 9.83. The van der Waals surface area contributed by atoms with Crippen LogP contribution in [0.4, 0.5) is 0 Å². The van der Waals surface area contributed by atoms with Crippen molar-refractivity contribution in [3.8, 4) is 6.07 Å². The lowest BCUT2D eigenvalue weighted by Gasteiger charge is -2.31. The number of nitriles is 1. The number of rotatable bonds is 3. The van der Waals surface area contributed by atoms with Crippen LogP contribution in [0.5, 0.6) is 0 Å². The normalized spacial score (nSPS) is 21.1. The zero-order valence-electron chi connectivity index (χ0n) is 10.0. The second-order valence-electron chi connectivity index (χ2n) is 5.37. The summed E-state index contributed by atoms with van der Waals surface area (Å²) in [5.41, 5.74) is 1.33. The first-order valence-electron chi connectivity index (χ1n) is 5.66. The van der Waals surface area contributed by atoms with Gasteiger partial charge in [0.05, 0.1) is 6.07 Å². The van der Waals surface area contributed by atoms with E-state index in [1.54, 1.807) is 0 Å². The van der Waals surface area contributed by atoms with Crippen LogP contribution in [0.2, 0.25) is 19.6 Å². The summed E-state index contributed by atoms with van der Waals surface area (Å²) in [6.45, 7) is 10.4. The van der Waals surface area contributed by atoms with Gasteiger partial charge < -0.3 is 4.43 Å². The standard InChI is InChI=1S/C12H21NOSi/c1-10-5-7-11(8-6-10)12(9-13)14-15(2,3)4/h11-12H,1,5-8H2,2-4H3. The van der Waals surface area contributed by atoms with Crippen molar-refractivity contribution in [1.29, 1.82) is 5.26 Å². The predicted molar refractivity (Wildman–Crippen MR) is 64.9 cm³/mol. The van der Waals surface area contributed by atoms with E-state index in [0.29, 0.717) is 5.92 Å². The van der Waals surface area contributed by atoms with E-state index >= 15 is 0 Å². The van der Waals surface area contributed by atoms with E-state index in [0.717, 1.165) is 25.7 Å². The Morgan fingerprint density at radius 1 is 1.40 bits per heavy atom. The minimum atomic E-state index is -1.59. The van der Waals surface area contributed by atoms with E-state index in [-0.39, 0.29) is 6.10 Å². The average molecular weight is 223 g/mol. The highest BCUT2D eigenvalue weighted by Crippen LogP contribution is 2.31. The summed E-state index contributed by atoms with van der Waals surface area (Å²) in [5.74, 6) is 0.423. The molecule has 1 rings (SSSR count). The quantitative estimate of drug-likeness (QED) is 0.542. The fourth-order valence-electron chi connectivity index (χ4n) is 1.96. The van der Waals surface area contributed by atoms with Crippen molar-refractivity contribution >= 4 is 8.32 Å². The van der Waals surface area contributed by atoms with E-state index in [2.05, 4.69) is 32.3 Å². The molecule has 15 heavy (non-hydrogen) atoms. The lowest BCUT2D eigenvalue weighted by Crippen LogP contribution is -2.36. The molecule has 1 atom stereocenters. The van der Waals surface area contributed by atoms with Gasteiger partial charge in [0.2, 0.25) is 0 Å². The summed E-state index contributed by atoms with van der Waals surface area (Å²) in [7, 11) is -1.59. The van der Waals surface area contributed by atoms with Gasteiger partial charge in [-0.25, -0.2) is 0 Å². The Morgan fingerprint density at radius 3 is 2.33 bits per heavy atom. The van der Waals surface area contributed by atoms with Crippen LogP contribution in [0, 0.1) is 17.2 Å². The molecule has 1 fully saturated rings. The second kappa shape index (κ2) is 4.96. The third kappa shape index (κ3) is 4.19. The molecule has 0 radical (unpaired) electrons. The maximum atomic E-state index is 9.13. The van der Waals surface area contributed by atoms with Gasteiger partial charge in [-0.15, -0.1) is 0 Å². The molecule has 0 aromatic carbocycles. The molecule has 1 saturated carbocycles. The van der Waals surface area contributed by atoms with Crippen LogP contribution >= 0.6 is 0 Å². The van der Waals surface area contributed by atoms with Gasteiger partial charge in [0, 0.05) is 0 Å². The number of allylic oxidation sites excluding steroid dienone is 1. The molecule has 0 heterocycles. The van der Waals surface area contributed by atoms with Gasteiger partial charge in [-0.05, 0) is 51.2 Å². The van der Waals surface area contributed by atoms with Crippen molar-refractivity contribution in [1.82, 2.24) is 0 Å². The molecule has 0 aromatic rings. The maximum absolute atomic E-state index is 9.13. The Morgan fingerprint density at radius 2 is 1.93 bits per heavy atom. The van der Waals surface area contributed by atoms with Crippen molar-refractivity contribution in [3.05, 3.63) is 12.2 Å². The molecule has 1 aliphatic rings. The SMILES string of the molecule is C=C1CCC(C(C#N)O[Si](C)(C)C)CC1. The Bertz CT molecular complexity index is 264. The molecule has 0 aliphatic heterocycles. The van der Waals surface area contributed by atoms with Gasteiger partial charge in [-0.1, -0.05) is 12.2 Å². The Kier molecular flexibility index (Phi) is 4.12. The van der Waals surface area contributed by atoms with E-state index in [4.69, 9.17) is 9.69 Å². The van der Waals surface area contributed by atoms with Crippen molar-refractivity contribution in [2.45, 2.75) is 51.4 Å². The van der Waals surface area contributed by atoms with Crippen LogP contribution in [-0.4, -0.2) is 14.4 Å². The zero-order valence-corrected chi connectivity index (χ0v) is 11.0. The van der Waals surface area contributed by atoms with Crippen molar-refractivity contribution < 1.29 is 4.43 Å². The van der Waals surface area contributed by atoms with Crippen LogP contribution in [0.1, 0.15) is 25.7 Å². The molecule has 0 aromatic heterocycles. The lowest BCUT2D eigenvalue weighted by molar-refractivity contribution is 0.156. The summed E-state index contributed by atoms with van der Waals surface area (Å²) in [4.78, 5) is 0. The Hall–Kier alpha value is -0.593. The van der Waals surface area contributed by atoms with Crippen molar-refractivity contribution in [3.63, 3.8) is 0 Å². The highest BCUT2D eigenvalue weighted by molar-refractivity contribution is 6.69. The number of hydrogen-bond donors (Lipinski definition) is 0. The minimum absolute atomic E-state index is 0.190. The molecule has 2 nitrogen and oxygen atoms in total. The summed E-state index contributed by atoms with van der Waals surface area (Å²) >= 11 is 0. The first-order valence-corrected chi connectivity index (χ1v) is 9.07. The fraction of sp³-hybridized carbons (Fsp3) is 0.750. The van der Waals surface area contributed by atoms with Gasteiger partial charge in [0.1, 0.15) is 6.10 Å². The summed E-state index contributed by atoms with van der Waals surface area (Å²) < 4.78 is 5.91. The van der Waals surface area contributed by atoms with Crippen LogP contribution in [-0.2, 0) is 4.43 Å². The fourth-order valence-corrected chi connectivity index (χ4v) is 2.97. The van der Waals surface area contributed by atoms with E-state index in [1.165, 1.54) is 5.57 Å². The van der Waals surface area contributed by atoms with E-state index < -0.39 is 8.32 Å². The van der Waals surface area contributed by atoms with Gasteiger partial charge >= 0.3 is 0 Å². The van der Waals surface area contributed by atoms with Crippen molar-refractivity contribution in [2.24, 2.45) is 5.92 Å². The van der Waals surface area contributed by atoms with E-state index in [1.807, 2.05) is 0 Å². The molecule has 0 saturated heterocycles. The molecule has 3 heteroatoms. The molecule has 0 spiro atoms. The van der Waals surface area contributed by atoms with Gasteiger partial charge in [0.25, 0.3) is 0 Å². The largest absolute Gasteiger partial charge is 0.402 e. The predicted octanol–water partition coefficient (Wildman–Crippen LogP) is 3.48. The first kappa shape index (κ1) is 12.5. The Balaban J connectivity index is 2.53. The van der Waals surface area contributed by atoms with Crippen LogP contribution in [0.15, 0.2) is 12.2 Å². The third-order valence-electron chi connectivity index (χ3n) is 2.77. The summed E-state index contributed by atoms with van der Waals surface area (Å²) in [5, 5.41) is 9.13. The molecule has 0 bridgehead atoms. The van der Waals surface area contributed by atoms with Crippen LogP contribution < -0.4 is 0 Å². The van der Waals surface area contributed by atoms with Gasteiger partial charge in [-0.3, -0.25) is 0 Å². The first-order chi connectivity index (χ1) is 6.92. The van der Waals surface area contributed by atoms with Crippen molar-refractivity contribution in [2.75, 3.05) is 0 Å². The zero-order chi connectivity index (χ0) is 11.5. The molecular weight excluding hydrogens is 202 g/mol. The molecule has 1 unspecified atom stereocenters. The summed E-state index contributed by atoms with van der Waals surface area (Å²) in [6.07, 6.45) is 4.09. The van der Waals surface area contributed by atoms with Crippen LogP contribution in [0.25, 0.3) is 0 Å². The molecule has 0 amide bonds. The molecule has 0 N–H and O–H groups in total. The second-order valence-corrected chi connectivity index (χ2v) is 9.83. The maximum Gasteiger partial charge on any atom is 0.185 e. The topological polar surface area (TPSA) is 33.0 Å². The third-order valence-corrected chi connectivity index (χ3v) is 3.73. The van der Waals surface area contributed by atoms with Gasteiger partial charge in [-0.2, -0.15) is 5.26 Å². The number of hydrogen-bond acceptors (Lipinski definition) is 2. The number of nitrogens with zero attached hydrogens (tertiary/aromatic N) is 1. The highest BCUT2D eigenvalue weighted by Gasteiger charge is 2.29. The average Bonchev–Trinajstić information content (AvgIpc) is 2.14. The Labute approximate surface area is 94.1 Å². The molecular formula is C12H21NOSi. The van der Waals surface area contributed by atoms with Gasteiger partial charge in [0.15, 0.2) is 8.32 Å².